The van der Waals surface area contributed by atoms with Gasteiger partial charge in [0.25, 0.3) is 0 Å². The lowest BCUT2D eigenvalue weighted by Gasteiger charge is -2.20. The Bertz CT molecular complexity index is 136. The Morgan fingerprint density at radius 2 is 1.80 bits per heavy atom. The van der Waals surface area contributed by atoms with Crippen molar-refractivity contribution in [1.82, 2.24) is 5.32 Å². The van der Waals surface area contributed by atoms with Crippen LogP contribution in [0.25, 0.3) is 0 Å². The van der Waals surface area contributed by atoms with Crippen LogP contribution < -0.4 is 5.32 Å². The van der Waals surface area contributed by atoms with Crippen LogP contribution in [0.1, 0.15) is 46.5 Å². The molecule has 2 unspecified atom stereocenters. The van der Waals surface area contributed by atoms with Crippen molar-refractivity contribution in [2.45, 2.75) is 52.5 Å². The second-order valence-corrected chi connectivity index (χ2v) is 5.11. The Hall–Kier alpha value is -0.0800. The third-order valence-electron chi connectivity index (χ3n) is 2.88. The fourth-order valence-electron chi connectivity index (χ4n) is 1.99. The zero-order valence-electron chi connectivity index (χ0n) is 11.2. The highest BCUT2D eigenvalue weighted by atomic mass is 16.5. The van der Waals surface area contributed by atoms with Crippen LogP contribution in [0.2, 0.25) is 0 Å². The van der Waals surface area contributed by atoms with Gasteiger partial charge in [0.15, 0.2) is 0 Å². The van der Waals surface area contributed by atoms with Crippen LogP contribution in [-0.4, -0.2) is 26.8 Å². The topological polar surface area (TPSA) is 21.3 Å². The lowest BCUT2D eigenvalue weighted by atomic mass is 9.96. The zero-order chi connectivity index (χ0) is 11.7. The maximum Gasteiger partial charge on any atom is 0.0488 e. The molecule has 15 heavy (non-hydrogen) atoms. The van der Waals surface area contributed by atoms with E-state index >= 15 is 0 Å². The molecular weight excluding hydrogens is 186 g/mol. The molecule has 0 aromatic carbocycles. The van der Waals surface area contributed by atoms with Crippen molar-refractivity contribution in [1.29, 1.82) is 0 Å². The third kappa shape index (κ3) is 8.88. The molecule has 0 radical (unpaired) electrons. The fourth-order valence-corrected chi connectivity index (χ4v) is 1.99. The van der Waals surface area contributed by atoms with Crippen molar-refractivity contribution in [2.75, 3.05) is 20.8 Å². The molecule has 0 rings (SSSR count). The number of hydrogen-bond acceptors (Lipinski definition) is 2. The van der Waals surface area contributed by atoms with Gasteiger partial charge in [0, 0.05) is 19.8 Å². The molecular formula is C13H29NO. The molecule has 0 aromatic rings. The van der Waals surface area contributed by atoms with E-state index in [1.807, 2.05) is 0 Å². The molecule has 0 bridgehead atoms. The Balaban J connectivity index is 3.62. The van der Waals surface area contributed by atoms with Crippen LogP contribution in [0, 0.1) is 11.8 Å². The molecule has 0 heterocycles. The van der Waals surface area contributed by atoms with Gasteiger partial charge in [0.05, 0.1) is 0 Å². The Morgan fingerprint density at radius 3 is 2.27 bits per heavy atom. The monoisotopic (exact) mass is 215 g/mol. The van der Waals surface area contributed by atoms with E-state index in [0.717, 1.165) is 12.5 Å². The van der Waals surface area contributed by atoms with Gasteiger partial charge in [-0.3, -0.25) is 0 Å². The summed E-state index contributed by atoms with van der Waals surface area (Å²) < 4.78 is 5.16. The molecule has 1 N–H and O–H groups in total. The standard InChI is InChI=1S/C13H29NO/c1-11(2)7-6-8-13(14-4)9-12(3)10-15-5/h11-14H,6-10H2,1-5H3. The van der Waals surface area contributed by atoms with Crippen molar-refractivity contribution >= 4 is 0 Å². The normalized spacial score (nSPS) is 15.6. The van der Waals surface area contributed by atoms with E-state index < -0.39 is 0 Å². The molecule has 0 aliphatic rings. The van der Waals surface area contributed by atoms with Gasteiger partial charge in [0.2, 0.25) is 0 Å². The second-order valence-electron chi connectivity index (χ2n) is 5.11. The minimum Gasteiger partial charge on any atom is -0.384 e. The van der Waals surface area contributed by atoms with Gasteiger partial charge in [-0.25, -0.2) is 0 Å². The number of rotatable bonds is 9. The minimum absolute atomic E-state index is 0.659. The molecule has 2 heteroatoms. The predicted octanol–water partition coefficient (Wildman–Crippen LogP) is 3.07. The van der Waals surface area contributed by atoms with Crippen molar-refractivity contribution < 1.29 is 4.74 Å². The lowest BCUT2D eigenvalue weighted by molar-refractivity contribution is 0.149. The molecule has 0 aromatic heterocycles. The summed E-state index contributed by atoms with van der Waals surface area (Å²) in [4.78, 5) is 0. The molecule has 2 nitrogen and oxygen atoms in total. The second kappa shape index (κ2) is 9.17. The van der Waals surface area contributed by atoms with E-state index in [1.165, 1.54) is 25.7 Å². The summed E-state index contributed by atoms with van der Waals surface area (Å²) in [6, 6.07) is 0.661. The van der Waals surface area contributed by atoms with Crippen molar-refractivity contribution in [3.8, 4) is 0 Å². The molecule has 0 saturated heterocycles. The molecule has 92 valence electrons. The first-order valence-corrected chi connectivity index (χ1v) is 6.26. The van der Waals surface area contributed by atoms with Crippen molar-refractivity contribution in [2.24, 2.45) is 11.8 Å². The van der Waals surface area contributed by atoms with Crippen LogP contribution in [0.4, 0.5) is 0 Å². The fraction of sp³-hybridized carbons (Fsp3) is 1.00. The van der Waals surface area contributed by atoms with Crippen LogP contribution in [0.3, 0.4) is 0 Å². The van der Waals surface area contributed by atoms with Crippen LogP contribution in [0.15, 0.2) is 0 Å². The van der Waals surface area contributed by atoms with Crippen LogP contribution in [-0.2, 0) is 4.74 Å². The summed E-state index contributed by atoms with van der Waals surface area (Å²) in [6.07, 6.45) is 5.20. The zero-order valence-corrected chi connectivity index (χ0v) is 11.2. The number of nitrogens with one attached hydrogen (secondary N) is 1. The largest absolute Gasteiger partial charge is 0.384 e. The predicted molar refractivity (Wildman–Crippen MR) is 67.2 cm³/mol. The average molecular weight is 215 g/mol. The number of ether oxygens (including phenoxy) is 1. The quantitative estimate of drug-likeness (QED) is 0.638. The van der Waals surface area contributed by atoms with Crippen LogP contribution >= 0.6 is 0 Å². The maximum absolute atomic E-state index is 5.16. The Kier molecular flexibility index (Phi) is 9.12. The lowest BCUT2D eigenvalue weighted by Crippen LogP contribution is -2.28. The summed E-state index contributed by atoms with van der Waals surface area (Å²) in [6.45, 7) is 7.72. The average Bonchev–Trinajstić information content (AvgIpc) is 2.16. The molecule has 0 saturated carbocycles. The Morgan fingerprint density at radius 1 is 1.13 bits per heavy atom. The van der Waals surface area contributed by atoms with Gasteiger partial charge in [-0.1, -0.05) is 33.6 Å². The van der Waals surface area contributed by atoms with Crippen molar-refractivity contribution in [3.05, 3.63) is 0 Å². The van der Waals surface area contributed by atoms with Crippen molar-refractivity contribution in [3.63, 3.8) is 0 Å². The summed E-state index contributed by atoms with van der Waals surface area (Å²) in [5.74, 6) is 1.49. The van der Waals surface area contributed by atoms with E-state index in [0.29, 0.717) is 12.0 Å². The third-order valence-corrected chi connectivity index (χ3v) is 2.88. The van der Waals surface area contributed by atoms with E-state index in [2.05, 4.69) is 33.1 Å². The van der Waals surface area contributed by atoms with E-state index in [-0.39, 0.29) is 0 Å². The molecule has 0 aliphatic heterocycles. The molecule has 0 aliphatic carbocycles. The Labute approximate surface area is 95.8 Å². The highest BCUT2D eigenvalue weighted by molar-refractivity contribution is 4.68. The van der Waals surface area contributed by atoms with Gasteiger partial charge in [-0.05, 0) is 31.7 Å². The van der Waals surface area contributed by atoms with Gasteiger partial charge in [-0.2, -0.15) is 0 Å². The highest BCUT2D eigenvalue weighted by Crippen LogP contribution is 2.14. The van der Waals surface area contributed by atoms with Gasteiger partial charge >= 0.3 is 0 Å². The number of methoxy groups -OCH3 is 1. The van der Waals surface area contributed by atoms with Gasteiger partial charge in [0.1, 0.15) is 0 Å². The molecule has 0 amide bonds. The van der Waals surface area contributed by atoms with E-state index in [9.17, 15) is 0 Å². The molecule has 0 fully saturated rings. The summed E-state index contributed by atoms with van der Waals surface area (Å²) in [7, 11) is 3.85. The maximum atomic E-state index is 5.16. The first-order valence-electron chi connectivity index (χ1n) is 6.26. The number of hydrogen-bond donors (Lipinski definition) is 1. The summed E-state index contributed by atoms with van der Waals surface area (Å²) in [5.41, 5.74) is 0. The first kappa shape index (κ1) is 14.9. The van der Waals surface area contributed by atoms with Gasteiger partial charge < -0.3 is 10.1 Å². The van der Waals surface area contributed by atoms with Crippen LogP contribution in [0.5, 0.6) is 0 Å². The summed E-state index contributed by atoms with van der Waals surface area (Å²) in [5, 5.41) is 3.41. The first-order chi connectivity index (χ1) is 7.10. The SMILES string of the molecule is CNC(CCCC(C)C)CC(C)COC. The van der Waals surface area contributed by atoms with E-state index in [4.69, 9.17) is 4.74 Å². The van der Waals surface area contributed by atoms with Gasteiger partial charge in [-0.15, -0.1) is 0 Å². The molecule has 0 spiro atoms. The summed E-state index contributed by atoms with van der Waals surface area (Å²) >= 11 is 0. The highest BCUT2D eigenvalue weighted by Gasteiger charge is 2.11. The van der Waals surface area contributed by atoms with E-state index in [1.54, 1.807) is 7.11 Å². The minimum atomic E-state index is 0.659. The molecule has 2 atom stereocenters. The smallest absolute Gasteiger partial charge is 0.0488 e.